The summed E-state index contributed by atoms with van der Waals surface area (Å²) in [5.41, 5.74) is 0.822. The summed E-state index contributed by atoms with van der Waals surface area (Å²) in [5.74, 6) is -1.05. The van der Waals surface area contributed by atoms with Crippen LogP contribution in [0.15, 0.2) is 22.6 Å². The van der Waals surface area contributed by atoms with Crippen molar-refractivity contribution in [2.24, 2.45) is 0 Å². The zero-order valence-electron chi connectivity index (χ0n) is 12.0. The van der Waals surface area contributed by atoms with Gasteiger partial charge in [-0.3, -0.25) is 0 Å². The van der Waals surface area contributed by atoms with E-state index in [1.165, 1.54) is 6.92 Å². The van der Waals surface area contributed by atoms with Gasteiger partial charge in [0, 0.05) is 5.39 Å². The molecule has 0 N–H and O–H groups in total. The quantitative estimate of drug-likeness (QED) is 0.774. The van der Waals surface area contributed by atoms with Crippen LogP contribution >= 0.6 is 0 Å². The lowest BCUT2D eigenvalue weighted by Gasteiger charge is -2.15. The Labute approximate surface area is 121 Å². The largest absolute Gasteiger partial charge is 0.546 e. The number of hydrogen-bond acceptors (Lipinski definition) is 6. The number of rotatable bonds is 5. The SMILES string of the molecule is CCOC(=O)c1c(C)oc2ccc(OC(C)C(=O)[O-])cc12. The standard InChI is InChI=1S/C15H16O6/c1-4-19-15(18)13-8(2)21-12-6-5-10(7-11(12)13)20-9(3)14(16)17/h5-7,9H,4H2,1-3H3,(H,16,17)/p-1. The number of esters is 1. The van der Waals surface area contributed by atoms with Gasteiger partial charge in [-0.25, -0.2) is 4.79 Å². The van der Waals surface area contributed by atoms with Gasteiger partial charge in [-0.1, -0.05) is 0 Å². The van der Waals surface area contributed by atoms with E-state index in [0.717, 1.165) is 0 Å². The molecule has 0 radical (unpaired) electrons. The van der Waals surface area contributed by atoms with Crippen LogP contribution in [0.3, 0.4) is 0 Å². The molecule has 1 aromatic heterocycles. The van der Waals surface area contributed by atoms with Gasteiger partial charge in [-0.05, 0) is 39.0 Å². The predicted molar refractivity (Wildman–Crippen MR) is 72.0 cm³/mol. The molecule has 112 valence electrons. The summed E-state index contributed by atoms with van der Waals surface area (Å²) in [7, 11) is 0. The molecule has 0 spiro atoms. The molecule has 2 aromatic rings. The van der Waals surface area contributed by atoms with Crippen LogP contribution in [-0.4, -0.2) is 24.6 Å². The third-order valence-corrected chi connectivity index (χ3v) is 2.96. The lowest BCUT2D eigenvalue weighted by Crippen LogP contribution is -2.37. The van der Waals surface area contributed by atoms with E-state index in [0.29, 0.717) is 28.0 Å². The fourth-order valence-electron chi connectivity index (χ4n) is 1.98. The minimum atomic E-state index is -1.32. The Kier molecular flexibility index (Phi) is 4.16. The van der Waals surface area contributed by atoms with Crippen molar-refractivity contribution in [2.75, 3.05) is 6.61 Å². The van der Waals surface area contributed by atoms with Crippen LogP contribution in [0.4, 0.5) is 0 Å². The molecule has 1 unspecified atom stereocenters. The van der Waals surface area contributed by atoms with Gasteiger partial charge in [-0.2, -0.15) is 0 Å². The van der Waals surface area contributed by atoms with E-state index < -0.39 is 18.0 Å². The minimum Gasteiger partial charge on any atom is -0.546 e. The number of aryl methyl sites for hydroxylation is 1. The Morgan fingerprint density at radius 1 is 1.38 bits per heavy atom. The van der Waals surface area contributed by atoms with Gasteiger partial charge in [-0.15, -0.1) is 0 Å². The molecular weight excluding hydrogens is 276 g/mol. The first kappa shape index (κ1) is 14.9. The molecule has 1 atom stereocenters. The minimum absolute atomic E-state index is 0.253. The van der Waals surface area contributed by atoms with Crippen molar-refractivity contribution < 1.29 is 28.6 Å². The van der Waals surface area contributed by atoms with E-state index in [-0.39, 0.29) is 6.61 Å². The van der Waals surface area contributed by atoms with Crippen molar-refractivity contribution in [3.63, 3.8) is 0 Å². The number of carbonyl (C=O) groups excluding carboxylic acids is 2. The highest BCUT2D eigenvalue weighted by Crippen LogP contribution is 2.30. The van der Waals surface area contributed by atoms with Crippen LogP contribution in [-0.2, 0) is 9.53 Å². The second-order valence-electron chi connectivity index (χ2n) is 4.49. The lowest BCUT2D eigenvalue weighted by atomic mass is 10.1. The Bertz CT molecular complexity index is 685. The van der Waals surface area contributed by atoms with E-state index in [4.69, 9.17) is 13.9 Å². The van der Waals surface area contributed by atoms with Gasteiger partial charge in [0.25, 0.3) is 0 Å². The number of ether oxygens (including phenoxy) is 2. The summed E-state index contributed by atoms with van der Waals surface area (Å²) < 4.78 is 15.7. The summed E-state index contributed by atoms with van der Waals surface area (Å²) in [6.45, 7) is 5.00. The summed E-state index contributed by atoms with van der Waals surface area (Å²) in [4.78, 5) is 22.7. The molecule has 0 aliphatic rings. The van der Waals surface area contributed by atoms with Gasteiger partial charge < -0.3 is 23.8 Å². The van der Waals surface area contributed by atoms with Crippen molar-refractivity contribution >= 4 is 22.9 Å². The van der Waals surface area contributed by atoms with E-state index >= 15 is 0 Å². The summed E-state index contributed by atoms with van der Waals surface area (Å²) in [6.07, 6.45) is -1.10. The molecule has 0 bridgehead atoms. The zero-order valence-corrected chi connectivity index (χ0v) is 12.0. The smallest absolute Gasteiger partial charge is 0.342 e. The van der Waals surface area contributed by atoms with Crippen LogP contribution < -0.4 is 9.84 Å². The molecular formula is C15H15O6-. The molecule has 0 amide bonds. The Morgan fingerprint density at radius 3 is 2.71 bits per heavy atom. The van der Waals surface area contributed by atoms with E-state index in [9.17, 15) is 14.7 Å². The van der Waals surface area contributed by atoms with Crippen LogP contribution in [0.5, 0.6) is 5.75 Å². The molecule has 0 saturated heterocycles. The number of carboxylic acid groups (broad SMARTS) is 1. The van der Waals surface area contributed by atoms with Gasteiger partial charge in [0.05, 0.1) is 12.6 Å². The summed E-state index contributed by atoms with van der Waals surface area (Å²) in [5, 5.41) is 11.2. The highest BCUT2D eigenvalue weighted by molar-refractivity contribution is 6.04. The predicted octanol–water partition coefficient (Wildman–Crippen LogP) is 1.44. The van der Waals surface area contributed by atoms with Crippen LogP contribution in [0.25, 0.3) is 11.0 Å². The maximum absolute atomic E-state index is 12.0. The molecule has 6 heteroatoms. The van der Waals surface area contributed by atoms with Crippen LogP contribution in [0, 0.1) is 6.92 Å². The third-order valence-electron chi connectivity index (χ3n) is 2.96. The fourth-order valence-corrected chi connectivity index (χ4v) is 1.98. The second kappa shape index (κ2) is 5.87. The van der Waals surface area contributed by atoms with Gasteiger partial charge in [0.15, 0.2) is 0 Å². The number of carboxylic acids is 1. The number of benzene rings is 1. The summed E-state index contributed by atoms with van der Waals surface area (Å²) in [6, 6.07) is 4.74. The Morgan fingerprint density at radius 2 is 2.10 bits per heavy atom. The average molecular weight is 291 g/mol. The topological polar surface area (TPSA) is 88.8 Å². The molecule has 0 aliphatic heterocycles. The third kappa shape index (κ3) is 2.99. The van der Waals surface area contributed by atoms with Crippen molar-refractivity contribution in [2.45, 2.75) is 26.9 Å². The van der Waals surface area contributed by atoms with Gasteiger partial charge in [0.2, 0.25) is 0 Å². The Balaban J connectivity index is 2.43. The molecule has 21 heavy (non-hydrogen) atoms. The van der Waals surface area contributed by atoms with Gasteiger partial charge in [0.1, 0.15) is 28.8 Å². The Hall–Kier alpha value is -2.50. The molecule has 0 saturated carbocycles. The summed E-state index contributed by atoms with van der Waals surface area (Å²) >= 11 is 0. The second-order valence-corrected chi connectivity index (χ2v) is 4.49. The zero-order chi connectivity index (χ0) is 15.6. The first-order valence-corrected chi connectivity index (χ1v) is 6.51. The fraction of sp³-hybridized carbons (Fsp3) is 0.333. The molecule has 1 aromatic carbocycles. The average Bonchev–Trinajstić information content (AvgIpc) is 2.74. The van der Waals surface area contributed by atoms with Crippen molar-refractivity contribution in [1.29, 1.82) is 0 Å². The van der Waals surface area contributed by atoms with Crippen molar-refractivity contribution in [3.05, 3.63) is 29.5 Å². The van der Waals surface area contributed by atoms with Crippen molar-refractivity contribution in [1.82, 2.24) is 0 Å². The number of furan rings is 1. The first-order chi connectivity index (χ1) is 9.93. The number of aliphatic carboxylic acids is 1. The van der Waals surface area contributed by atoms with Crippen molar-refractivity contribution in [3.8, 4) is 5.75 Å². The van der Waals surface area contributed by atoms with E-state index in [1.807, 2.05) is 0 Å². The maximum atomic E-state index is 12.0. The number of carbonyl (C=O) groups is 2. The number of fused-ring (bicyclic) bond motifs is 1. The highest BCUT2D eigenvalue weighted by atomic mass is 16.5. The number of hydrogen-bond donors (Lipinski definition) is 0. The van der Waals surface area contributed by atoms with Gasteiger partial charge >= 0.3 is 5.97 Å². The maximum Gasteiger partial charge on any atom is 0.342 e. The normalized spacial score (nSPS) is 12.1. The molecule has 1 heterocycles. The molecule has 2 rings (SSSR count). The van der Waals surface area contributed by atoms with Crippen LogP contribution in [0.2, 0.25) is 0 Å². The van der Waals surface area contributed by atoms with E-state index in [2.05, 4.69) is 0 Å². The molecule has 0 aliphatic carbocycles. The highest BCUT2D eigenvalue weighted by Gasteiger charge is 2.20. The van der Waals surface area contributed by atoms with Crippen LogP contribution in [0.1, 0.15) is 30.0 Å². The monoisotopic (exact) mass is 291 g/mol. The molecule has 6 nitrogen and oxygen atoms in total. The van der Waals surface area contributed by atoms with E-state index in [1.54, 1.807) is 32.0 Å². The lowest BCUT2D eigenvalue weighted by molar-refractivity contribution is -0.312. The first-order valence-electron chi connectivity index (χ1n) is 6.51. The molecule has 0 fully saturated rings.